The number of carbonyl (C=O) groups is 1. The van der Waals surface area contributed by atoms with Gasteiger partial charge in [0, 0.05) is 17.5 Å². The second kappa shape index (κ2) is 5.78. The Balaban J connectivity index is 2.12. The first-order valence-electron chi connectivity index (χ1n) is 6.58. The molecule has 0 bridgehead atoms. The SMILES string of the molecule is C/C(=C\C(=O)c1ccc(C)o1)Nc1cc(C)cc(C)c1. The van der Waals surface area contributed by atoms with Gasteiger partial charge in [0.2, 0.25) is 5.78 Å². The van der Waals surface area contributed by atoms with Gasteiger partial charge in [0.1, 0.15) is 5.76 Å². The lowest BCUT2D eigenvalue weighted by Gasteiger charge is -2.08. The zero-order valence-electron chi connectivity index (χ0n) is 12.3. The maximum atomic E-state index is 12.0. The lowest BCUT2D eigenvalue weighted by atomic mass is 10.1. The van der Waals surface area contributed by atoms with Crippen LogP contribution in [0.3, 0.4) is 0 Å². The summed E-state index contributed by atoms with van der Waals surface area (Å²) in [6.45, 7) is 7.79. The van der Waals surface area contributed by atoms with Crippen molar-refractivity contribution in [3.8, 4) is 0 Å². The number of furan rings is 1. The quantitative estimate of drug-likeness (QED) is 0.660. The lowest BCUT2D eigenvalue weighted by molar-refractivity contribution is 0.102. The van der Waals surface area contributed by atoms with Crippen LogP contribution in [0.1, 0.15) is 34.4 Å². The van der Waals surface area contributed by atoms with Gasteiger partial charge in [-0.15, -0.1) is 0 Å². The van der Waals surface area contributed by atoms with Crippen LogP contribution in [0.2, 0.25) is 0 Å². The van der Waals surface area contributed by atoms with Gasteiger partial charge in [0.05, 0.1) is 0 Å². The van der Waals surface area contributed by atoms with Crippen LogP contribution in [0.5, 0.6) is 0 Å². The van der Waals surface area contributed by atoms with Gasteiger partial charge < -0.3 is 9.73 Å². The van der Waals surface area contributed by atoms with Crippen LogP contribution in [-0.4, -0.2) is 5.78 Å². The summed E-state index contributed by atoms with van der Waals surface area (Å²) in [4.78, 5) is 12.0. The molecule has 0 amide bonds. The van der Waals surface area contributed by atoms with Crippen LogP contribution in [0.15, 0.2) is 46.5 Å². The molecule has 3 nitrogen and oxygen atoms in total. The van der Waals surface area contributed by atoms with Gasteiger partial charge >= 0.3 is 0 Å². The average molecular weight is 269 g/mol. The highest BCUT2D eigenvalue weighted by Gasteiger charge is 2.07. The molecule has 0 atom stereocenters. The van der Waals surface area contributed by atoms with Crippen LogP contribution in [0.25, 0.3) is 0 Å². The van der Waals surface area contributed by atoms with E-state index in [2.05, 4.69) is 11.4 Å². The summed E-state index contributed by atoms with van der Waals surface area (Å²) < 4.78 is 5.31. The molecule has 0 radical (unpaired) electrons. The molecule has 20 heavy (non-hydrogen) atoms. The molecule has 1 aromatic carbocycles. The number of carbonyl (C=O) groups excluding carboxylic acids is 1. The van der Waals surface area contributed by atoms with Gasteiger partial charge in [0.25, 0.3) is 0 Å². The smallest absolute Gasteiger partial charge is 0.222 e. The van der Waals surface area contributed by atoms with Crippen molar-refractivity contribution in [3.63, 3.8) is 0 Å². The fraction of sp³-hybridized carbons (Fsp3) is 0.235. The van der Waals surface area contributed by atoms with Crippen molar-refractivity contribution >= 4 is 11.5 Å². The molecule has 0 spiro atoms. The van der Waals surface area contributed by atoms with E-state index in [9.17, 15) is 4.79 Å². The number of rotatable bonds is 4. The molecule has 0 aliphatic rings. The molecule has 0 aliphatic heterocycles. The van der Waals surface area contributed by atoms with E-state index in [4.69, 9.17) is 4.42 Å². The van der Waals surface area contributed by atoms with E-state index in [1.165, 1.54) is 11.1 Å². The third kappa shape index (κ3) is 3.60. The van der Waals surface area contributed by atoms with E-state index in [1.807, 2.05) is 39.8 Å². The van der Waals surface area contributed by atoms with E-state index in [0.29, 0.717) is 5.76 Å². The third-order valence-corrected chi connectivity index (χ3v) is 2.89. The molecule has 0 saturated heterocycles. The predicted octanol–water partition coefficient (Wildman–Crippen LogP) is 4.40. The molecular weight excluding hydrogens is 250 g/mol. The van der Waals surface area contributed by atoms with Crippen molar-refractivity contribution in [2.75, 3.05) is 5.32 Å². The van der Waals surface area contributed by atoms with Gasteiger partial charge in [-0.05, 0) is 63.1 Å². The average Bonchev–Trinajstić information content (AvgIpc) is 2.74. The van der Waals surface area contributed by atoms with E-state index < -0.39 is 0 Å². The van der Waals surface area contributed by atoms with Crippen molar-refractivity contribution in [3.05, 3.63) is 64.8 Å². The predicted molar refractivity (Wildman–Crippen MR) is 81.1 cm³/mol. The number of anilines is 1. The van der Waals surface area contributed by atoms with E-state index in [0.717, 1.165) is 17.1 Å². The second-order valence-electron chi connectivity index (χ2n) is 5.10. The van der Waals surface area contributed by atoms with E-state index in [1.54, 1.807) is 18.2 Å². The Labute approximate surface area is 119 Å². The summed E-state index contributed by atoms with van der Waals surface area (Å²) >= 11 is 0. The molecule has 0 aliphatic carbocycles. The Morgan fingerprint density at radius 2 is 1.75 bits per heavy atom. The summed E-state index contributed by atoms with van der Waals surface area (Å²) in [6.07, 6.45) is 1.55. The van der Waals surface area contributed by atoms with Crippen molar-refractivity contribution in [2.45, 2.75) is 27.7 Å². The molecule has 1 aromatic heterocycles. The fourth-order valence-corrected chi connectivity index (χ4v) is 2.15. The van der Waals surface area contributed by atoms with Gasteiger partial charge in [-0.3, -0.25) is 4.79 Å². The van der Waals surface area contributed by atoms with Crippen molar-refractivity contribution in [2.24, 2.45) is 0 Å². The third-order valence-electron chi connectivity index (χ3n) is 2.89. The highest BCUT2D eigenvalue weighted by Crippen LogP contribution is 2.16. The maximum Gasteiger partial charge on any atom is 0.222 e. The second-order valence-corrected chi connectivity index (χ2v) is 5.10. The summed E-state index contributed by atoms with van der Waals surface area (Å²) in [7, 11) is 0. The molecule has 0 fully saturated rings. The summed E-state index contributed by atoms with van der Waals surface area (Å²) in [5.41, 5.74) is 4.15. The normalized spacial score (nSPS) is 11.5. The zero-order valence-corrected chi connectivity index (χ0v) is 12.3. The molecule has 3 heteroatoms. The number of hydrogen-bond donors (Lipinski definition) is 1. The van der Waals surface area contributed by atoms with Crippen molar-refractivity contribution in [1.82, 2.24) is 0 Å². The minimum atomic E-state index is -0.132. The Morgan fingerprint density at radius 1 is 1.10 bits per heavy atom. The van der Waals surface area contributed by atoms with Gasteiger partial charge in [-0.25, -0.2) is 0 Å². The van der Waals surface area contributed by atoms with Crippen LogP contribution in [-0.2, 0) is 0 Å². The number of benzene rings is 1. The standard InChI is InChI=1S/C17H19NO2/c1-11-7-12(2)9-15(8-11)18-13(3)10-16(19)17-6-5-14(4)20-17/h5-10,18H,1-4H3/b13-10+. The molecule has 0 unspecified atom stereocenters. The lowest BCUT2D eigenvalue weighted by Crippen LogP contribution is -2.01. The summed E-state index contributed by atoms with van der Waals surface area (Å²) in [5.74, 6) is 0.971. The van der Waals surface area contributed by atoms with Gasteiger partial charge in [-0.2, -0.15) is 0 Å². The minimum Gasteiger partial charge on any atom is -0.458 e. The van der Waals surface area contributed by atoms with Crippen LogP contribution in [0.4, 0.5) is 5.69 Å². The Bertz CT molecular complexity index is 645. The van der Waals surface area contributed by atoms with Crippen molar-refractivity contribution < 1.29 is 9.21 Å². The van der Waals surface area contributed by atoms with E-state index >= 15 is 0 Å². The largest absolute Gasteiger partial charge is 0.458 e. The molecular formula is C17H19NO2. The number of hydrogen-bond acceptors (Lipinski definition) is 3. The molecule has 2 rings (SSSR count). The van der Waals surface area contributed by atoms with Gasteiger partial charge in [-0.1, -0.05) is 6.07 Å². The first-order chi connectivity index (χ1) is 9.44. The number of ketones is 1. The first kappa shape index (κ1) is 14.1. The summed E-state index contributed by atoms with van der Waals surface area (Å²) in [6, 6.07) is 9.69. The Kier molecular flexibility index (Phi) is 4.08. The molecule has 0 saturated carbocycles. The van der Waals surface area contributed by atoms with Crippen molar-refractivity contribution in [1.29, 1.82) is 0 Å². The Hall–Kier alpha value is -2.29. The molecule has 1 N–H and O–H groups in total. The highest BCUT2D eigenvalue weighted by atomic mass is 16.3. The summed E-state index contributed by atoms with van der Waals surface area (Å²) in [5, 5.41) is 3.23. The highest BCUT2D eigenvalue weighted by molar-refractivity contribution is 6.03. The number of allylic oxidation sites excluding steroid dienone is 2. The molecule has 2 aromatic rings. The van der Waals surface area contributed by atoms with Crippen LogP contribution in [0, 0.1) is 20.8 Å². The van der Waals surface area contributed by atoms with Crippen LogP contribution >= 0.6 is 0 Å². The topological polar surface area (TPSA) is 42.2 Å². The molecule has 104 valence electrons. The fourth-order valence-electron chi connectivity index (χ4n) is 2.15. The Morgan fingerprint density at radius 3 is 2.30 bits per heavy atom. The first-order valence-corrected chi connectivity index (χ1v) is 6.58. The maximum absolute atomic E-state index is 12.0. The zero-order chi connectivity index (χ0) is 14.7. The number of aryl methyl sites for hydroxylation is 3. The number of nitrogens with one attached hydrogen (secondary N) is 1. The minimum absolute atomic E-state index is 0.132. The van der Waals surface area contributed by atoms with Crippen LogP contribution < -0.4 is 5.32 Å². The van der Waals surface area contributed by atoms with E-state index in [-0.39, 0.29) is 5.78 Å². The van der Waals surface area contributed by atoms with Gasteiger partial charge in [0.15, 0.2) is 5.76 Å². The monoisotopic (exact) mass is 269 g/mol. The molecule has 1 heterocycles.